The molecule has 0 radical (unpaired) electrons. The summed E-state index contributed by atoms with van der Waals surface area (Å²) < 4.78 is 40.0. The van der Waals surface area contributed by atoms with Crippen LogP contribution in [0, 0.1) is 23.7 Å². The normalized spacial score (nSPS) is 24.9. The van der Waals surface area contributed by atoms with Gasteiger partial charge in [0, 0.05) is 12.5 Å². The molecule has 1 unspecified atom stereocenters. The van der Waals surface area contributed by atoms with Crippen molar-refractivity contribution in [1.82, 2.24) is 16.0 Å². The molecule has 0 aromatic carbocycles. The molecule has 11 nitrogen and oxygen atoms in total. The van der Waals surface area contributed by atoms with Gasteiger partial charge in [-0.2, -0.15) is 0 Å². The summed E-state index contributed by atoms with van der Waals surface area (Å²) in [6.07, 6.45) is 2.81. The fraction of sp³-hybridized carbons (Fsp3) is 0.870. The number of carbonyl (C=O) groups excluding carboxylic acids is 3. The zero-order chi connectivity index (χ0) is 26.3. The predicted octanol–water partition coefficient (Wildman–Crippen LogP) is -1.78. The fourth-order valence-electron chi connectivity index (χ4n) is 4.81. The van der Waals surface area contributed by atoms with E-state index in [9.17, 15) is 32.5 Å². The summed E-state index contributed by atoms with van der Waals surface area (Å²) in [5, 5.41) is 17.6. The third-order valence-electron chi connectivity index (χ3n) is 6.92. The van der Waals surface area contributed by atoms with Crippen LogP contribution in [0.5, 0.6) is 0 Å². The van der Waals surface area contributed by atoms with Gasteiger partial charge in [-0.3, -0.25) is 9.59 Å². The molecule has 13 heteroatoms. The Morgan fingerprint density at radius 2 is 1.72 bits per heavy atom. The first-order chi connectivity index (χ1) is 16.3. The van der Waals surface area contributed by atoms with Crippen LogP contribution < -0.4 is 45.5 Å². The van der Waals surface area contributed by atoms with Crippen LogP contribution in [0.15, 0.2) is 0 Å². The van der Waals surface area contributed by atoms with Crippen molar-refractivity contribution in [2.75, 3.05) is 6.54 Å². The van der Waals surface area contributed by atoms with Crippen molar-refractivity contribution in [3.05, 3.63) is 0 Å². The molecule has 0 aromatic rings. The molecule has 1 aliphatic heterocycles. The van der Waals surface area contributed by atoms with Crippen molar-refractivity contribution < 1.29 is 66.8 Å². The Morgan fingerprint density at radius 1 is 1.11 bits per heavy atom. The second-order valence-electron chi connectivity index (χ2n) is 10.5. The van der Waals surface area contributed by atoms with Gasteiger partial charge in [-0.15, -0.1) is 0 Å². The minimum atomic E-state index is -5.16. The molecule has 3 amide bonds. The van der Waals surface area contributed by atoms with E-state index >= 15 is 0 Å². The summed E-state index contributed by atoms with van der Waals surface area (Å²) in [4.78, 5) is 37.5. The van der Waals surface area contributed by atoms with Crippen molar-refractivity contribution in [2.45, 2.75) is 96.3 Å². The number of hydrogen-bond donors (Lipinski definition) is 4. The average Bonchev–Trinajstić information content (AvgIpc) is 3.15. The second-order valence-corrected chi connectivity index (χ2v) is 12.0. The smallest absolute Gasteiger partial charge is 0.746 e. The van der Waals surface area contributed by atoms with Crippen LogP contribution in [0.25, 0.3) is 0 Å². The molecule has 4 N–H and O–H groups in total. The quantitative estimate of drug-likeness (QED) is 0.175. The van der Waals surface area contributed by atoms with E-state index in [2.05, 4.69) is 29.8 Å². The van der Waals surface area contributed by atoms with E-state index in [1.54, 1.807) is 0 Å². The van der Waals surface area contributed by atoms with Crippen molar-refractivity contribution >= 4 is 28.0 Å². The number of hydrogen-bond acceptors (Lipinski definition) is 8. The van der Waals surface area contributed by atoms with Gasteiger partial charge in [0.15, 0.2) is 5.44 Å². The molecule has 1 saturated carbocycles. The Bertz CT molecular complexity index is 846. The van der Waals surface area contributed by atoms with Gasteiger partial charge in [0.05, 0.1) is 6.04 Å². The maximum Gasteiger partial charge on any atom is 1.00 e. The Kier molecular flexibility index (Phi) is 13.7. The summed E-state index contributed by atoms with van der Waals surface area (Å²) in [5.41, 5.74) is -2.43. The number of ether oxygens (including phenoxy) is 1. The number of alkyl carbamates (subject to hydrolysis) is 1. The van der Waals surface area contributed by atoms with Crippen LogP contribution in [-0.2, 0) is 24.4 Å². The zero-order valence-electron chi connectivity index (χ0n) is 22.0. The van der Waals surface area contributed by atoms with Gasteiger partial charge < -0.3 is 30.3 Å². The summed E-state index contributed by atoms with van der Waals surface area (Å²) in [7, 11) is -5.16. The molecular formula is C23H40N3NaO8S. The van der Waals surface area contributed by atoms with Gasteiger partial charge >= 0.3 is 35.7 Å². The van der Waals surface area contributed by atoms with Gasteiger partial charge in [0.1, 0.15) is 22.3 Å². The first kappa shape index (κ1) is 33.1. The minimum absolute atomic E-state index is 0. The van der Waals surface area contributed by atoms with E-state index in [4.69, 9.17) is 4.74 Å². The molecular weight excluding hydrogens is 501 g/mol. The number of nitrogens with one attached hydrogen (secondary N) is 3. The van der Waals surface area contributed by atoms with Gasteiger partial charge in [-0.1, -0.05) is 27.7 Å². The average molecular weight is 542 g/mol. The molecule has 0 spiro atoms. The predicted molar refractivity (Wildman–Crippen MR) is 127 cm³/mol. The van der Waals surface area contributed by atoms with Crippen LogP contribution >= 0.6 is 0 Å². The molecule has 4 atom stereocenters. The summed E-state index contributed by atoms with van der Waals surface area (Å²) in [5.74, 6) is -0.600. The number of carbonyl (C=O) groups is 3. The number of rotatable bonds is 11. The van der Waals surface area contributed by atoms with Gasteiger partial charge in [-0.25, -0.2) is 13.2 Å². The van der Waals surface area contributed by atoms with Crippen LogP contribution in [0.4, 0.5) is 4.79 Å². The summed E-state index contributed by atoms with van der Waals surface area (Å²) >= 11 is 0. The van der Waals surface area contributed by atoms with E-state index in [-0.39, 0.29) is 60.3 Å². The fourth-order valence-corrected chi connectivity index (χ4v) is 5.39. The molecule has 0 aromatic heterocycles. The van der Waals surface area contributed by atoms with Crippen molar-refractivity contribution in [3.63, 3.8) is 0 Å². The van der Waals surface area contributed by atoms with Crippen LogP contribution in [0.1, 0.15) is 72.6 Å². The van der Waals surface area contributed by atoms with E-state index in [0.29, 0.717) is 24.8 Å². The SMILES string of the molecule is CC(C)C[C@H](NC(=O)OC1CCC(C(C)C)CC1)C(=O)N[C@@H](C[C@@H]1CCNC1=O)C(O)S(=O)(=O)[O-].[Na+]. The number of aliphatic hydroxyl groups excluding tert-OH is 1. The molecule has 1 saturated heterocycles. The zero-order valence-corrected chi connectivity index (χ0v) is 24.8. The van der Waals surface area contributed by atoms with Crippen molar-refractivity contribution in [2.24, 2.45) is 23.7 Å². The molecule has 2 rings (SSSR count). The Hall–Kier alpha value is -0.920. The Labute approximate surface area is 236 Å². The topological polar surface area (TPSA) is 174 Å². The Morgan fingerprint density at radius 3 is 2.19 bits per heavy atom. The molecule has 202 valence electrons. The van der Waals surface area contributed by atoms with E-state index < -0.39 is 45.6 Å². The molecule has 0 bridgehead atoms. The third kappa shape index (κ3) is 10.4. The maximum absolute atomic E-state index is 13.0. The van der Waals surface area contributed by atoms with Gasteiger partial charge in [0.25, 0.3) is 0 Å². The standard InChI is InChI=1S/C23H41N3O8S.Na/c1-13(2)11-18(26-23(30)34-17-7-5-15(6-8-17)14(3)4)21(28)25-19(22(29)35(31,32)33)12-16-9-10-24-20(16)27;/h13-19,22,29H,5-12H2,1-4H3,(H,24,27)(H,25,28)(H,26,30)(H,31,32,33);/q;+1/p-1/t15?,16-,17?,18-,19-,22?;/m0./s1. The number of amides is 3. The van der Waals surface area contributed by atoms with Crippen LogP contribution in [0.3, 0.4) is 0 Å². The maximum atomic E-state index is 13.0. The van der Waals surface area contributed by atoms with Crippen molar-refractivity contribution in [1.29, 1.82) is 0 Å². The van der Waals surface area contributed by atoms with Gasteiger partial charge in [-0.05, 0) is 62.7 Å². The Balaban J connectivity index is 0.00000648. The van der Waals surface area contributed by atoms with Crippen LogP contribution in [0.2, 0.25) is 0 Å². The van der Waals surface area contributed by atoms with Crippen LogP contribution in [-0.4, -0.2) is 66.2 Å². The summed E-state index contributed by atoms with van der Waals surface area (Å²) in [6.45, 7) is 8.42. The molecule has 2 fully saturated rings. The molecule has 1 aliphatic carbocycles. The first-order valence-electron chi connectivity index (χ1n) is 12.5. The minimum Gasteiger partial charge on any atom is -0.746 e. The largest absolute Gasteiger partial charge is 1.00 e. The first-order valence-corrected chi connectivity index (χ1v) is 13.9. The monoisotopic (exact) mass is 541 g/mol. The second kappa shape index (κ2) is 14.9. The molecule has 2 aliphatic rings. The van der Waals surface area contributed by atoms with E-state index in [1.807, 2.05) is 13.8 Å². The molecule has 1 heterocycles. The summed E-state index contributed by atoms with van der Waals surface area (Å²) in [6, 6.07) is -2.58. The van der Waals surface area contributed by atoms with E-state index in [0.717, 1.165) is 25.7 Å². The van der Waals surface area contributed by atoms with E-state index in [1.165, 1.54) is 0 Å². The number of aliphatic hydroxyl groups is 1. The van der Waals surface area contributed by atoms with Crippen molar-refractivity contribution in [3.8, 4) is 0 Å². The third-order valence-corrected chi connectivity index (χ3v) is 7.84. The molecule has 36 heavy (non-hydrogen) atoms. The van der Waals surface area contributed by atoms with Gasteiger partial charge in [0.2, 0.25) is 11.8 Å².